The molecular weight excluding hydrogens is 164 g/mol. The van der Waals surface area contributed by atoms with Crippen molar-refractivity contribution in [2.24, 2.45) is 5.92 Å². The summed E-state index contributed by atoms with van der Waals surface area (Å²) in [5.74, 6) is 0.601. The van der Waals surface area contributed by atoms with Crippen LogP contribution in [0.2, 0.25) is 0 Å². The van der Waals surface area contributed by atoms with E-state index in [0.717, 1.165) is 6.54 Å². The zero-order chi connectivity index (χ0) is 9.84. The van der Waals surface area contributed by atoms with Crippen LogP contribution < -0.4 is 5.32 Å². The van der Waals surface area contributed by atoms with Crippen molar-refractivity contribution in [1.82, 2.24) is 10.2 Å². The van der Waals surface area contributed by atoms with Crippen LogP contribution in [-0.2, 0) is 0 Å². The van der Waals surface area contributed by atoms with Gasteiger partial charge in [0.25, 0.3) is 0 Å². The number of hydrogen-bond acceptors (Lipinski definition) is 3. The van der Waals surface area contributed by atoms with E-state index < -0.39 is 0 Å². The average molecular weight is 186 g/mol. The van der Waals surface area contributed by atoms with E-state index in [1.807, 2.05) is 14.0 Å². The molecule has 3 unspecified atom stereocenters. The Hall–Kier alpha value is -0.120. The largest absolute Gasteiger partial charge is 0.392 e. The van der Waals surface area contributed by atoms with Crippen molar-refractivity contribution in [3.05, 3.63) is 0 Å². The summed E-state index contributed by atoms with van der Waals surface area (Å²) in [6, 6.07) is 0.253. The Bertz CT molecular complexity index is 150. The summed E-state index contributed by atoms with van der Waals surface area (Å²) < 4.78 is 0. The van der Waals surface area contributed by atoms with Crippen LogP contribution in [0.1, 0.15) is 19.8 Å². The van der Waals surface area contributed by atoms with Crippen molar-refractivity contribution in [2.45, 2.75) is 31.9 Å². The molecule has 1 rings (SSSR count). The lowest BCUT2D eigenvalue weighted by Crippen LogP contribution is -2.48. The van der Waals surface area contributed by atoms with Gasteiger partial charge < -0.3 is 15.3 Å². The summed E-state index contributed by atoms with van der Waals surface area (Å²) in [5, 5.41) is 12.8. The zero-order valence-corrected chi connectivity index (χ0v) is 8.95. The Labute approximate surface area is 81.1 Å². The van der Waals surface area contributed by atoms with E-state index in [1.54, 1.807) is 0 Å². The predicted octanol–water partition coefficient (Wildman–Crippen LogP) is 0.297. The molecule has 13 heavy (non-hydrogen) atoms. The normalized spacial score (nSPS) is 30.0. The summed E-state index contributed by atoms with van der Waals surface area (Å²) in [7, 11) is 4.09. The lowest BCUT2D eigenvalue weighted by molar-refractivity contribution is 0.0825. The van der Waals surface area contributed by atoms with Gasteiger partial charge in [-0.25, -0.2) is 0 Å². The van der Waals surface area contributed by atoms with Gasteiger partial charge in [-0.2, -0.15) is 0 Å². The van der Waals surface area contributed by atoms with Crippen LogP contribution in [0.15, 0.2) is 0 Å². The molecule has 0 aromatic heterocycles. The summed E-state index contributed by atoms with van der Waals surface area (Å²) >= 11 is 0. The molecule has 0 amide bonds. The minimum atomic E-state index is -0.249. The Kier molecular flexibility index (Phi) is 4.16. The number of nitrogens with zero attached hydrogens (tertiary/aromatic N) is 1. The number of likely N-dealkylation sites (N-methyl/N-ethyl adjacent to an activating group) is 1. The number of aliphatic hydroxyl groups excluding tert-OH is 1. The maximum absolute atomic E-state index is 9.57. The Balaban J connectivity index is 2.47. The fraction of sp³-hybridized carbons (Fsp3) is 1.00. The molecule has 3 heteroatoms. The summed E-state index contributed by atoms with van der Waals surface area (Å²) in [6.45, 7) is 4.18. The van der Waals surface area contributed by atoms with Crippen LogP contribution in [0.5, 0.6) is 0 Å². The molecule has 0 aliphatic carbocycles. The lowest BCUT2D eigenvalue weighted by Gasteiger charge is -2.36. The fourth-order valence-corrected chi connectivity index (χ4v) is 2.37. The molecule has 1 fully saturated rings. The standard InChI is InChI=1S/C10H22N2O/c1-8(13)10(11-2)9-5-4-6-12(3)7-9/h8-11,13H,4-7H2,1-3H3. The van der Waals surface area contributed by atoms with Gasteiger partial charge in [0, 0.05) is 12.6 Å². The number of piperidine rings is 1. The monoisotopic (exact) mass is 186 g/mol. The Morgan fingerprint density at radius 3 is 2.69 bits per heavy atom. The zero-order valence-electron chi connectivity index (χ0n) is 8.95. The first-order valence-electron chi connectivity index (χ1n) is 5.19. The van der Waals surface area contributed by atoms with Crippen LogP contribution in [0.3, 0.4) is 0 Å². The summed E-state index contributed by atoms with van der Waals surface area (Å²) in [6.07, 6.45) is 2.24. The molecule has 0 bridgehead atoms. The third kappa shape index (κ3) is 2.93. The van der Waals surface area contributed by atoms with Crippen molar-refractivity contribution in [2.75, 3.05) is 27.2 Å². The molecule has 3 atom stereocenters. The van der Waals surface area contributed by atoms with Crippen molar-refractivity contribution in [3.63, 3.8) is 0 Å². The second-order valence-electron chi connectivity index (χ2n) is 4.22. The van der Waals surface area contributed by atoms with Crippen molar-refractivity contribution >= 4 is 0 Å². The van der Waals surface area contributed by atoms with Gasteiger partial charge in [-0.05, 0) is 46.3 Å². The van der Waals surface area contributed by atoms with Crippen molar-refractivity contribution in [1.29, 1.82) is 0 Å². The maximum atomic E-state index is 9.57. The van der Waals surface area contributed by atoms with Crippen molar-refractivity contribution in [3.8, 4) is 0 Å². The van der Waals surface area contributed by atoms with Gasteiger partial charge in [0.05, 0.1) is 6.10 Å². The molecule has 1 saturated heterocycles. The van der Waals surface area contributed by atoms with Crippen molar-refractivity contribution < 1.29 is 5.11 Å². The van der Waals surface area contributed by atoms with Crippen LogP contribution in [0.4, 0.5) is 0 Å². The van der Waals surface area contributed by atoms with Gasteiger partial charge in [-0.1, -0.05) is 0 Å². The number of rotatable bonds is 3. The number of hydrogen-bond donors (Lipinski definition) is 2. The van der Waals surface area contributed by atoms with E-state index in [4.69, 9.17) is 0 Å². The Morgan fingerprint density at radius 2 is 2.23 bits per heavy atom. The molecule has 1 aliphatic rings. The summed E-state index contributed by atoms with van der Waals surface area (Å²) in [4.78, 5) is 2.35. The number of likely N-dealkylation sites (tertiary alicyclic amines) is 1. The van der Waals surface area contributed by atoms with Gasteiger partial charge >= 0.3 is 0 Å². The highest BCUT2D eigenvalue weighted by atomic mass is 16.3. The molecule has 1 heterocycles. The highest BCUT2D eigenvalue weighted by Crippen LogP contribution is 2.20. The van der Waals surface area contributed by atoms with Gasteiger partial charge in [0.2, 0.25) is 0 Å². The molecule has 2 N–H and O–H groups in total. The van der Waals surface area contributed by atoms with Crippen LogP contribution in [0.25, 0.3) is 0 Å². The lowest BCUT2D eigenvalue weighted by atomic mass is 9.88. The maximum Gasteiger partial charge on any atom is 0.0668 e. The minimum absolute atomic E-state index is 0.249. The molecular formula is C10H22N2O. The van der Waals surface area contributed by atoms with E-state index in [1.165, 1.54) is 19.4 Å². The summed E-state index contributed by atoms with van der Waals surface area (Å²) in [5.41, 5.74) is 0. The van der Waals surface area contributed by atoms with E-state index in [9.17, 15) is 5.11 Å². The molecule has 0 radical (unpaired) electrons. The molecule has 0 aromatic carbocycles. The fourth-order valence-electron chi connectivity index (χ4n) is 2.37. The Morgan fingerprint density at radius 1 is 1.54 bits per heavy atom. The van der Waals surface area contributed by atoms with Gasteiger partial charge in [-0.3, -0.25) is 0 Å². The number of nitrogens with one attached hydrogen (secondary N) is 1. The molecule has 0 spiro atoms. The van der Waals surface area contributed by atoms with E-state index in [2.05, 4.69) is 17.3 Å². The third-order valence-corrected chi connectivity index (χ3v) is 3.02. The highest BCUT2D eigenvalue weighted by molar-refractivity contribution is 4.84. The second kappa shape index (κ2) is 4.94. The second-order valence-corrected chi connectivity index (χ2v) is 4.22. The topological polar surface area (TPSA) is 35.5 Å². The van der Waals surface area contributed by atoms with Crippen LogP contribution in [0, 0.1) is 5.92 Å². The third-order valence-electron chi connectivity index (χ3n) is 3.02. The quantitative estimate of drug-likeness (QED) is 0.665. The minimum Gasteiger partial charge on any atom is -0.392 e. The van der Waals surface area contributed by atoms with Gasteiger partial charge in [-0.15, -0.1) is 0 Å². The van der Waals surface area contributed by atoms with Crippen LogP contribution >= 0.6 is 0 Å². The van der Waals surface area contributed by atoms with Gasteiger partial charge in [0.1, 0.15) is 0 Å². The first kappa shape index (κ1) is 11.0. The molecule has 78 valence electrons. The molecule has 1 aliphatic heterocycles. The molecule has 3 nitrogen and oxygen atoms in total. The smallest absolute Gasteiger partial charge is 0.0668 e. The molecule has 0 saturated carbocycles. The van der Waals surface area contributed by atoms with E-state index in [0.29, 0.717) is 5.92 Å². The average Bonchev–Trinajstić information content (AvgIpc) is 2.04. The molecule has 0 aromatic rings. The number of aliphatic hydroxyl groups is 1. The highest BCUT2D eigenvalue weighted by Gasteiger charge is 2.27. The van der Waals surface area contributed by atoms with E-state index >= 15 is 0 Å². The van der Waals surface area contributed by atoms with Crippen LogP contribution in [-0.4, -0.2) is 49.3 Å². The first-order chi connectivity index (χ1) is 6.15. The SMILES string of the molecule is CNC(C(C)O)C1CCCN(C)C1. The predicted molar refractivity (Wildman–Crippen MR) is 54.7 cm³/mol. The van der Waals surface area contributed by atoms with E-state index in [-0.39, 0.29) is 12.1 Å². The first-order valence-corrected chi connectivity index (χ1v) is 5.19. The van der Waals surface area contributed by atoms with Gasteiger partial charge in [0.15, 0.2) is 0 Å².